The molecule has 1 heterocycles. The van der Waals surface area contributed by atoms with Gasteiger partial charge in [-0.05, 0) is 30.9 Å². The fourth-order valence-electron chi connectivity index (χ4n) is 2.77. The van der Waals surface area contributed by atoms with Crippen LogP contribution in [-0.4, -0.2) is 45.2 Å². The highest BCUT2D eigenvalue weighted by atomic mass is 32.2. The molecule has 0 bridgehead atoms. The Hall–Kier alpha value is -1.58. The average Bonchev–Trinajstić information content (AvgIpc) is 2.47. The van der Waals surface area contributed by atoms with E-state index in [-0.39, 0.29) is 5.92 Å². The Kier molecular flexibility index (Phi) is 5.21. The third kappa shape index (κ3) is 4.45. The molecular weight excluding hydrogens is 286 g/mol. The number of hydrogen-bond acceptors (Lipinski definition) is 4. The van der Waals surface area contributed by atoms with E-state index in [1.165, 1.54) is 6.26 Å². The van der Waals surface area contributed by atoms with Crippen LogP contribution < -0.4 is 4.90 Å². The molecule has 114 valence electrons. The molecule has 2 rings (SSSR count). The molecule has 1 aliphatic rings. The van der Waals surface area contributed by atoms with E-state index in [0.29, 0.717) is 26.2 Å². The SMILES string of the molecule is CS(=O)(=O)N1CCCC(CN(CC#N)c2ccccc2)C1. The number of hydrogen-bond donors (Lipinski definition) is 0. The molecule has 21 heavy (non-hydrogen) atoms. The predicted octanol–water partition coefficient (Wildman–Crippen LogP) is 1.69. The zero-order valence-electron chi connectivity index (χ0n) is 12.3. The molecular formula is C15H21N3O2S. The number of nitriles is 1. The molecule has 1 aromatic rings. The highest BCUT2D eigenvalue weighted by Crippen LogP contribution is 2.22. The summed E-state index contributed by atoms with van der Waals surface area (Å²) in [5.74, 6) is 0.266. The van der Waals surface area contributed by atoms with Crippen molar-refractivity contribution in [2.45, 2.75) is 12.8 Å². The number of sulfonamides is 1. The molecule has 1 aliphatic heterocycles. The molecule has 0 saturated carbocycles. The van der Waals surface area contributed by atoms with Gasteiger partial charge in [-0.3, -0.25) is 0 Å². The summed E-state index contributed by atoms with van der Waals surface area (Å²) in [5.41, 5.74) is 1.01. The summed E-state index contributed by atoms with van der Waals surface area (Å²) < 4.78 is 24.9. The zero-order chi connectivity index (χ0) is 15.3. The van der Waals surface area contributed by atoms with E-state index in [2.05, 4.69) is 6.07 Å². The van der Waals surface area contributed by atoms with Crippen molar-refractivity contribution < 1.29 is 8.42 Å². The van der Waals surface area contributed by atoms with Crippen LogP contribution in [0, 0.1) is 17.2 Å². The van der Waals surface area contributed by atoms with Gasteiger partial charge in [-0.1, -0.05) is 18.2 Å². The van der Waals surface area contributed by atoms with Gasteiger partial charge in [0.1, 0.15) is 6.54 Å². The van der Waals surface area contributed by atoms with Crippen LogP contribution in [0.25, 0.3) is 0 Å². The third-order valence-corrected chi connectivity index (χ3v) is 5.08. The average molecular weight is 307 g/mol. The molecule has 0 N–H and O–H groups in total. The van der Waals surface area contributed by atoms with Crippen molar-refractivity contribution in [3.8, 4) is 6.07 Å². The molecule has 0 aliphatic carbocycles. The van der Waals surface area contributed by atoms with Crippen molar-refractivity contribution in [3.63, 3.8) is 0 Å². The topological polar surface area (TPSA) is 64.4 Å². The first kappa shape index (κ1) is 15.8. The molecule has 1 fully saturated rings. The quantitative estimate of drug-likeness (QED) is 0.777. The molecule has 1 unspecified atom stereocenters. The predicted molar refractivity (Wildman–Crippen MR) is 83.4 cm³/mol. The monoisotopic (exact) mass is 307 g/mol. The van der Waals surface area contributed by atoms with Crippen LogP contribution >= 0.6 is 0 Å². The van der Waals surface area contributed by atoms with E-state index in [4.69, 9.17) is 5.26 Å². The van der Waals surface area contributed by atoms with Crippen molar-refractivity contribution in [3.05, 3.63) is 30.3 Å². The van der Waals surface area contributed by atoms with Gasteiger partial charge in [-0.25, -0.2) is 12.7 Å². The van der Waals surface area contributed by atoms with Crippen molar-refractivity contribution >= 4 is 15.7 Å². The lowest BCUT2D eigenvalue weighted by atomic mass is 9.99. The van der Waals surface area contributed by atoms with Crippen molar-refractivity contribution in [1.29, 1.82) is 5.26 Å². The fourth-order valence-corrected chi connectivity index (χ4v) is 3.72. The second-order valence-electron chi connectivity index (χ2n) is 5.50. The summed E-state index contributed by atoms with van der Waals surface area (Å²) in [6.07, 6.45) is 3.15. The van der Waals surface area contributed by atoms with Crippen LogP contribution in [-0.2, 0) is 10.0 Å². The van der Waals surface area contributed by atoms with Crippen molar-refractivity contribution in [1.82, 2.24) is 4.31 Å². The maximum absolute atomic E-state index is 11.7. The van der Waals surface area contributed by atoms with Gasteiger partial charge in [0, 0.05) is 25.3 Å². The van der Waals surface area contributed by atoms with Crippen LogP contribution in [0.15, 0.2) is 30.3 Å². The van der Waals surface area contributed by atoms with Gasteiger partial charge in [0.25, 0.3) is 0 Å². The molecule has 0 amide bonds. The van der Waals surface area contributed by atoms with Gasteiger partial charge in [0.05, 0.1) is 12.3 Å². The van der Waals surface area contributed by atoms with Gasteiger partial charge in [-0.2, -0.15) is 5.26 Å². The van der Waals surface area contributed by atoms with Gasteiger partial charge in [0.2, 0.25) is 10.0 Å². The van der Waals surface area contributed by atoms with E-state index < -0.39 is 10.0 Å². The van der Waals surface area contributed by atoms with Crippen molar-refractivity contribution in [2.24, 2.45) is 5.92 Å². The molecule has 0 spiro atoms. The van der Waals surface area contributed by atoms with Gasteiger partial charge in [0.15, 0.2) is 0 Å². The number of rotatable bonds is 5. The van der Waals surface area contributed by atoms with E-state index in [0.717, 1.165) is 18.5 Å². The second kappa shape index (κ2) is 6.92. The summed E-state index contributed by atoms with van der Waals surface area (Å²) in [5, 5.41) is 9.01. The van der Waals surface area contributed by atoms with E-state index in [1.54, 1.807) is 4.31 Å². The first-order valence-corrected chi connectivity index (χ1v) is 8.97. The molecule has 1 saturated heterocycles. The van der Waals surface area contributed by atoms with Crippen LogP contribution in [0.4, 0.5) is 5.69 Å². The highest BCUT2D eigenvalue weighted by Gasteiger charge is 2.27. The lowest BCUT2D eigenvalue weighted by molar-refractivity contribution is 0.270. The number of nitrogens with zero attached hydrogens (tertiary/aromatic N) is 3. The first-order chi connectivity index (χ1) is 10.0. The molecule has 6 heteroatoms. The van der Waals surface area contributed by atoms with Gasteiger partial charge < -0.3 is 4.90 Å². The third-order valence-electron chi connectivity index (χ3n) is 3.81. The fraction of sp³-hybridized carbons (Fsp3) is 0.533. The van der Waals surface area contributed by atoms with Crippen LogP contribution in [0.5, 0.6) is 0 Å². The van der Waals surface area contributed by atoms with E-state index in [1.807, 2.05) is 35.2 Å². The lowest BCUT2D eigenvalue weighted by Gasteiger charge is -2.34. The zero-order valence-corrected chi connectivity index (χ0v) is 13.1. The molecule has 0 radical (unpaired) electrons. The maximum Gasteiger partial charge on any atom is 0.211 e. The smallest absolute Gasteiger partial charge is 0.211 e. The van der Waals surface area contributed by atoms with Gasteiger partial charge >= 0.3 is 0 Å². The minimum atomic E-state index is -3.12. The summed E-state index contributed by atoms with van der Waals surface area (Å²) in [4.78, 5) is 2.02. The molecule has 5 nitrogen and oxygen atoms in total. The van der Waals surface area contributed by atoms with E-state index in [9.17, 15) is 8.42 Å². The van der Waals surface area contributed by atoms with E-state index >= 15 is 0 Å². The minimum absolute atomic E-state index is 0.266. The van der Waals surface area contributed by atoms with Crippen molar-refractivity contribution in [2.75, 3.05) is 37.3 Å². The standard InChI is InChI=1S/C15H21N3O2S/c1-21(19,20)18-10-5-6-14(13-18)12-17(11-9-16)15-7-3-2-4-8-15/h2-4,7-8,14H,5-6,10-13H2,1H3. The largest absolute Gasteiger partial charge is 0.358 e. The Morgan fingerprint density at radius 3 is 2.71 bits per heavy atom. The highest BCUT2D eigenvalue weighted by molar-refractivity contribution is 7.88. The normalized spacial score (nSPS) is 19.9. The lowest BCUT2D eigenvalue weighted by Crippen LogP contribution is -2.43. The summed E-state index contributed by atoms with van der Waals surface area (Å²) in [6, 6.07) is 12.0. The summed E-state index contributed by atoms with van der Waals surface area (Å²) in [6.45, 7) is 2.19. The summed E-state index contributed by atoms with van der Waals surface area (Å²) in [7, 11) is -3.12. The maximum atomic E-state index is 11.7. The van der Waals surface area contributed by atoms with Crippen LogP contribution in [0.3, 0.4) is 0 Å². The van der Waals surface area contributed by atoms with Crippen LogP contribution in [0.2, 0.25) is 0 Å². The Morgan fingerprint density at radius 1 is 1.38 bits per heavy atom. The second-order valence-corrected chi connectivity index (χ2v) is 7.49. The Morgan fingerprint density at radius 2 is 2.10 bits per heavy atom. The Bertz CT molecular complexity index is 595. The Labute approximate surface area is 126 Å². The first-order valence-electron chi connectivity index (χ1n) is 7.13. The number of benzene rings is 1. The number of para-hydroxylation sites is 1. The number of anilines is 1. The molecule has 1 atom stereocenters. The van der Waals surface area contributed by atoms with Crippen LogP contribution in [0.1, 0.15) is 12.8 Å². The number of piperidine rings is 1. The minimum Gasteiger partial charge on any atom is -0.358 e. The molecule has 1 aromatic carbocycles. The van der Waals surface area contributed by atoms with Gasteiger partial charge in [-0.15, -0.1) is 0 Å². The summed E-state index contributed by atoms with van der Waals surface area (Å²) >= 11 is 0. The molecule has 0 aromatic heterocycles. The Balaban J connectivity index is 2.06.